The third kappa shape index (κ3) is 2.20. The van der Waals surface area contributed by atoms with E-state index in [1.54, 1.807) is 13.0 Å². The largest absolute Gasteiger partial charge is 0.240 e. The number of aliphatic imine (C=N–C) groups is 1. The van der Waals surface area contributed by atoms with Crippen LogP contribution in [0.5, 0.6) is 0 Å². The number of halogens is 3. The number of carbonyl (C=O) groups excluding carboxylic acids is 1. The Kier molecular flexibility index (Phi) is 3.68. The molecule has 0 radical (unpaired) electrons. The molecule has 0 atom stereocenters. The third-order valence-electron chi connectivity index (χ3n) is 1.53. The number of benzene rings is 1. The van der Waals surface area contributed by atoms with Crippen molar-refractivity contribution in [2.75, 3.05) is 0 Å². The molecule has 0 saturated heterocycles. The van der Waals surface area contributed by atoms with Gasteiger partial charge in [0.05, 0.1) is 10.7 Å². The number of hydrogen-bond acceptors (Lipinski definition) is 2. The zero-order chi connectivity index (χ0) is 10.0. The minimum Gasteiger partial charge on any atom is -0.211 e. The first-order valence-corrected chi connectivity index (χ1v) is 5.26. The Morgan fingerprint density at radius 3 is 2.62 bits per heavy atom. The summed E-state index contributed by atoms with van der Waals surface area (Å²) >= 11 is 12.5. The van der Waals surface area contributed by atoms with Crippen LogP contribution in [0.1, 0.15) is 5.56 Å². The smallest absolute Gasteiger partial charge is 0.211 e. The molecule has 0 spiro atoms. The summed E-state index contributed by atoms with van der Waals surface area (Å²) in [7, 11) is 0. The Hall–Kier alpha value is -0.150. The second kappa shape index (κ2) is 4.38. The summed E-state index contributed by atoms with van der Waals surface area (Å²) in [5.41, 5.74) is 1.26. The maximum absolute atomic E-state index is 10.1. The van der Waals surface area contributed by atoms with E-state index in [1.165, 1.54) is 6.08 Å². The number of nitrogens with zero attached hydrogens (tertiary/aromatic N) is 1. The van der Waals surface area contributed by atoms with Crippen LogP contribution in [0.2, 0.25) is 5.02 Å². The first-order valence-electron chi connectivity index (χ1n) is 3.30. The monoisotopic (exact) mass is 323 g/mol. The highest BCUT2D eigenvalue weighted by Crippen LogP contribution is 2.38. The minimum atomic E-state index is 0.517. The molecular weight excluding hydrogens is 321 g/mol. The minimum absolute atomic E-state index is 0.517. The standard InChI is InChI=1S/C8H4Br2ClNO/c1-4-7(11)5(9)2-6(10)8(4)12-3-13/h2H,1H3. The molecule has 0 saturated carbocycles. The van der Waals surface area contributed by atoms with Gasteiger partial charge in [0.25, 0.3) is 0 Å². The quantitative estimate of drug-likeness (QED) is 0.433. The highest BCUT2D eigenvalue weighted by atomic mass is 79.9. The average Bonchev–Trinajstić information content (AvgIpc) is 2.09. The second-order valence-corrected chi connectivity index (χ2v) is 4.42. The van der Waals surface area contributed by atoms with Gasteiger partial charge < -0.3 is 0 Å². The predicted molar refractivity (Wildman–Crippen MR) is 59.4 cm³/mol. The van der Waals surface area contributed by atoms with Gasteiger partial charge in [0, 0.05) is 8.95 Å². The van der Waals surface area contributed by atoms with Gasteiger partial charge in [-0.2, -0.15) is 4.99 Å². The van der Waals surface area contributed by atoms with Crippen molar-refractivity contribution in [1.82, 2.24) is 0 Å². The summed E-state index contributed by atoms with van der Waals surface area (Å²) in [6, 6.07) is 1.74. The fourth-order valence-corrected chi connectivity index (χ4v) is 2.48. The van der Waals surface area contributed by atoms with E-state index in [0.717, 1.165) is 10.0 Å². The highest BCUT2D eigenvalue weighted by molar-refractivity contribution is 9.11. The third-order valence-corrected chi connectivity index (χ3v) is 3.48. The van der Waals surface area contributed by atoms with E-state index in [2.05, 4.69) is 36.9 Å². The van der Waals surface area contributed by atoms with Crippen molar-refractivity contribution in [3.05, 3.63) is 25.6 Å². The van der Waals surface area contributed by atoms with E-state index < -0.39 is 0 Å². The summed E-state index contributed by atoms with van der Waals surface area (Å²) in [5, 5.41) is 0.553. The van der Waals surface area contributed by atoms with Crippen molar-refractivity contribution in [3.8, 4) is 0 Å². The molecule has 0 amide bonds. The van der Waals surface area contributed by atoms with Crippen LogP contribution < -0.4 is 0 Å². The topological polar surface area (TPSA) is 29.4 Å². The van der Waals surface area contributed by atoms with Crippen LogP contribution in [0.25, 0.3) is 0 Å². The van der Waals surface area contributed by atoms with E-state index in [9.17, 15) is 4.79 Å². The van der Waals surface area contributed by atoms with Crippen molar-refractivity contribution >= 4 is 55.2 Å². The molecule has 13 heavy (non-hydrogen) atoms. The molecule has 0 unspecified atom stereocenters. The first-order chi connectivity index (χ1) is 6.07. The lowest BCUT2D eigenvalue weighted by molar-refractivity contribution is 0.565. The lowest BCUT2D eigenvalue weighted by Gasteiger charge is -2.05. The predicted octanol–water partition coefficient (Wildman–Crippen LogP) is 4.14. The average molecular weight is 325 g/mol. The second-order valence-electron chi connectivity index (χ2n) is 2.33. The van der Waals surface area contributed by atoms with Crippen LogP contribution in [0, 0.1) is 6.92 Å². The molecular formula is C8H4Br2ClNO. The summed E-state index contributed by atoms with van der Waals surface area (Å²) in [5.74, 6) is 0. The summed E-state index contributed by atoms with van der Waals surface area (Å²) < 4.78 is 1.48. The molecule has 0 aliphatic heterocycles. The fourth-order valence-electron chi connectivity index (χ4n) is 0.888. The van der Waals surface area contributed by atoms with Crippen LogP contribution in [-0.4, -0.2) is 6.08 Å². The van der Waals surface area contributed by atoms with Gasteiger partial charge >= 0.3 is 0 Å². The maximum Gasteiger partial charge on any atom is 0.240 e. The van der Waals surface area contributed by atoms with Gasteiger partial charge in [0.15, 0.2) is 0 Å². The number of rotatable bonds is 1. The molecule has 1 aromatic carbocycles. The van der Waals surface area contributed by atoms with Gasteiger partial charge in [-0.3, -0.25) is 0 Å². The molecule has 0 heterocycles. The van der Waals surface area contributed by atoms with E-state index in [-0.39, 0.29) is 0 Å². The Morgan fingerprint density at radius 2 is 2.08 bits per heavy atom. The van der Waals surface area contributed by atoms with Crippen molar-refractivity contribution in [2.24, 2.45) is 4.99 Å². The van der Waals surface area contributed by atoms with Gasteiger partial charge in [-0.15, -0.1) is 0 Å². The van der Waals surface area contributed by atoms with Crippen LogP contribution in [0.4, 0.5) is 5.69 Å². The molecule has 0 aromatic heterocycles. The van der Waals surface area contributed by atoms with E-state index in [4.69, 9.17) is 11.6 Å². The Morgan fingerprint density at radius 1 is 1.46 bits per heavy atom. The highest BCUT2D eigenvalue weighted by Gasteiger charge is 2.10. The van der Waals surface area contributed by atoms with Gasteiger partial charge in [0.1, 0.15) is 0 Å². The van der Waals surface area contributed by atoms with Crippen LogP contribution >= 0.6 is 43.5 Å². The summed E-state index contributed by atoms with van der Waals surface area (Å²) in [6.07, 6.45) is 1.48. The van der Waals surface area contributed by atoms with E-state index >= 15 is 0 Å². The van der Waals surface area contributed by atoms with Crippen molar-refractivity contribution < 1.29 is 4.79 Å². The van der Waals surface area contributed by atoms with E-state index in [1.807, 2.05) is 0 Å². The Balaban J connectivity index is 3.52. The zero-order valence-corrected chi connectivity index (χ0v) is 10.5. The van der Waals surface area contributed by atoms with Crippen molar-refractivity contribution in [1.29, 1.82) is 0 Å². The molecule has 0 aliphatic rings. The molecule has 0 fully saturated rings. The number of hydrogen-bond donors (Lipinski definition) is 0. The van der Waals surface area contributed by atoms with Crippen molar-refractivity contribution in [2.45, 2.75) is 6.92 Å². The Labute approximate surface area is 97.3 Å². The van der Waals surface area contributed by atoms with Crippen LogP contribution in [0.3, 0.4) is 0 Å². The van der Waals surface area contributed by atoms with Gasteiger partial charge in [-0.1, -0.05) is 11.6 Å². The van der Waals surface area contributed by atoms with Gasteiger partial charge in [-0.05, 0) is 50.4 Å². The normalized spacial score (nSPS) is 9.54. The van der Waals surface area contributed by atoms with Crippen molar-refractivity contribution in [3.63, 3.8) is 0 Å². The lowest BCUT2D eigenvalue weighted by atomic mass is 10.2. The molecule has 1 aromatic rings. The molecule has 2 nitrogen and oxygen atoms in total. The molecule has 1 rings (SSSR count). The molecule has 68 valence electrons. The first kappa shape index (κ1) is 10.9. The lowest BCUT2D eigenvalue weighted by Crippen LogP contribution is -1.81. The van der Waals surface area contributed by atoms with E-state index in [0.29, 0.717) is 15.2 Å². The molecule has 5 heteroatoms. The van der Waals surface area contributed by atoms with Gasteiger partial charge in [-0.25, -0.2) is 4.79 Å². The Bertz CT molecular complexity index is 400. The molecule has 0 bridgehead atoms. The zero-order valence-electron chi connectivity index (χ0n) is 6.57. The van der Waals surface area contributed by atoms with Gasteiger partial charge in [0.2, 0.25) is 6.08 Å². The van der Waals surface area contributed by atoms with Crippen LogP contribution in [-0.2, 0) is 4.79 Å². The molecule has 0 aliphatic carbocycles. The molecule has 0 N–H and O–H groups in total. The summed E-state index contributed by atoms with van der Waals surface area (Å²) in [4.78, 5) is 13.7. The summed E-state index contributed by atoms with van der Waals surface area (Å²) in [6.45, 7) is 1.79. The SMILES string of the molecule is Cc1c(Cl)c(Br)cc(Br)c1N=C=O. The number of isocyanates is 1. The fraction of sp³-hybridized carbons (Fsp3) is 0.125. The van der Waals surface area contributed by atoms with Crippen LogP contribution in [0.15, 0.2) is 20.0 Å². The maximum atomic E-state index is 10.1.